The van der Waals surface area contributed by atoms with Crippen LogP contribution in [0.4, 0.5) is 10.7 Å². The quantitative estimate of drug-likeness (QED) is 0.450. The van der Waals surface area contributed by atoms with Crippen LogP contribution in [0.1, 0.15) is 5.76 Å². The highest BCUT2D eigenvalue weighted by Crippen LogP contribution is 2.15. The summed E-state index contributed by atoms with van der Waals surface area (Å²) in [5.74, 6) is -0.231. The van der Waals surface area contributed by atoms with Crippen molar-refractivity contribution in [2.45, 2.75) is 6.29 Å². The molecule has 0 unspecified atom stereocenters. The Hall–Kier alpha value is -2.42. The number of rotatable bonds is 4. The van der Waals surface area contributed by atoms with E-state index in [2.05, 4.69) is 5.10 Å². The molecule has 0 radical (unpaired) electrons. The van der Waals surface area contributed by atoms with E-state index in [9.17, 15) is 14.9 Å². The lowest BCUT2D eigenvalue weighted by atomic mass is 10.5. The van der Waals surface area contributed by atoms with Crippen LogP contribution in [0.5, 0.6) is 0 Å². The third kappa shape index (κ3) is 2.46. The van der Waals surface area contributed by atoms with E-state index in [-0.39, 0.29) is 12.3 Å². The number of hydrogen-bond donors (Lipinski definition) is 0. The molecule has 1 amide bonds. The van der Waals surface area contributed by atoms with Gasteiger partial charge in [-0.05, 0) is 6.07 Å². The Morgan fingerprint density at radius 3 is 3.00 bits per heavy atom. The fraction of sp³-hybridized carbons (Fsp3) is 0.333. The fourth-order valence-electron chi connectivity index (χ4n) is 1.28. The normalized spacial score (nSPS) is 19.5. The average molecular weight is 255 g/mol. The smallest absolute Gasteiger partial charge is 0.416 e. The van der Waals surface area contributed by atoms with E-state index < -0.39 is 23.2 Å². The number of carbonyl (C=O) groups is 1. The molecular formula is C9H9N3O6. The van der Waals surface area contributed by atoms with Crippen LogP contribution < -0.4 is 0 Å². The van der Waals surface area contributed by atoms with Crippen molar-refractivity contribution in [3.63, 3.8) is 0 Å². The van der Waals surface area contributed by atoms with Crippen LogP contribution in [-0.2, 0) is 9.47 Å². The Morgan fingerprint density at radius 2 is 2.44 bits per heavy atom. The van der Waals surface area contributed by atoms with Gasteiger partial charge in [-0.3, -0.25) is 10.1 Å². The van der Waals surface area contributed by atoms with Crippen molar-refractivity contribution in [1.29, 1.82) is 0 Å². The highest BCUT2D eigenvalue weighted by molar-refractivity contribution is 5.78. The third-order valence-electron chi connectivity index (χ3n) is 2.14. The lowest BCUT2D eigenvalue weighted by molar-refractivity contribution is -0.402. The first kappa shape index (κ1) is 12.0. The van der Waals surface area contributed by atoms with Crippen molar-refractivity contribution >= 4 is 18.2 Å². The first-order valence-electron chi connectivity index (χ1n) is 4.89. The van der Waals surface area contributed by atoms with E-state index in [0.717, 1.165) is 5.01 Å². The molecule has 1 atom stereocenters. The van der Waals surface area contributed by atoms with Crippen molar-refractivity contribution in [1.82, 2.24) is 5.01 Å². The van der Waals surface area contributed by atoms with Gasteiger partial charge in [-0.1, -0.05) is 0 Å². The Morgan fingerprint density at radius 1 is 1.67 bits per heavy atom. The monoisotopic (exact) mass is 255 g/mol. The second kappa shape index (κ2) is 4.84. The van der Waals surface area contributed by atoms with E-state index in [4.69, 9.17) is 13.9 Å². The molecule has 1 aromatic heterocycles. The molecule has 96 valence electrons. The van der Waals surface area contributed by atoms with Gasteiger partial charge in [-0.25, -0.2) is 4.79 Å². The number of hydrogen-bond acceptors (Lipinski definition) is 7. The van der Waals surface area contributed by atoms with E-state index in [1.54, 1.807) is 0 Å². The number of nitrogens with zero attached hydrogens (tertiary/aromatic N) is 3. The number of carbonyl (C=O) groups excluding carboxylic acids is 1. The van der Waals surface area contributed by atoms with Crippen molar-refractivity contribution in [2.75, 3.05) is 13.7 Å². The number of furan rings is 1. The molecule has 1 saturated heterocycles. The van der Waals surface area contributed by atoms with E-state index in [1.165, 1.54) is 25.5 Å². The van der Waals surface area contributed by atoms with Gasteiger partial charge in [0.25, 0.3) is 0 Å². The van der Waals surface area contributed by atoms with Crippen LogP contribution in [0.25, 0.3) is 0 Å². The van der Waals surface area contributed by atoms with Gasteiger partial charge in [-0.2, -0.15) is 10.1 Å². The maximum Gasteiger partial charge on any atom is 0.433 e. The maximum absolute atomic E-state index is 11.2. The Balaban J connectivity index is 2.02. The van der Waals surface area contributed by atoms with Gasteiger partial charge in [0.2, 0.25) is 6.29 Å². The van der Waals surface area contributed by atoms with Crippen molar-refractivity contribution in [3.05, 3.63) is 28.0 Å². The van der Waals surface area contributed by atoms with Crippen LogP contribution >= 0.6 is 0 Å². The molecule has 0 aliphatic carbocycles. The number of cyclic esters (lactones) is 1. The number of nitro groups is 1. The maximum atomic E-state index is 11.2. The SMILES string of the molecule is CO[C@H]1CN(/N=C\c2ccc([N+](=O)[O-])o2)C(=O)O1. The van der Waals surface area contributed by atoms with E-state index in [1.807, 2.05) is 0 Å². The molecular weight excluding hydrogens is 246 g/mol. The van der Waals surface area contributed by atoms with Crippen molar-refractivity contribution in [2.24, 2.45) is 5.10 Å². The lowest BCUT2D eigenvalue weighted by Gasteiger charge is -2.03. The van der Waals surface area contributed by atoms with Gasteiger partial charge in [0.1, 0.15) is 11.5 Å². The van der Waals surface area contributed by atoms with Gasteiger partial charge < -0.3 is 13.9 Å². The highest BCUT2D eigenvalue weighted by Gasteiger charge is 2.30. The largest absolute Gasteiger partial charge is 0.433 e. The van der Waals surface area contributed by atoms with Crippen LogP contribution in [0.2, 0.25) is 0 Å². The van der Waals surface area contributed by atoms with Gasteiger partial charge in [0.15, 0.2) is 5.76 Å². The van der Waals surface area contributed by atoms with Gasteiger partial charge in [0.05, 0.1) is 12.3 Å². The van der Waals surface area contributed by atoms with Gasteiger partial charge in [0, 0.05) is 7.11 Å². The summed E-state index contributed by atoms with van der Waals surface area (Å²) in [5.41, 5.74) is 0. The minimum atomic E-state index is -0.666. The zero-order valence-electron chi connectivity index (χ0n) is 9.31. The Labute approximate surface area is 101 Å². The molecule has 0 saturated carbocycles. The molecule has 9 nitrogen and oxygen atoms in total. The molecule has 2 heterocycles. The standard InChI is InChI=1S/C9H9N3O6/c1-16-8-5-11(9(13)18-8)10-4-6-2-3-7(17-6)12(14)15/h2-4,8H,5H2,1H3/b10-4-/t8-/m1/s1. The van der Waals surface area contributed by atoms with Crippen LogP contribution in [-0.4, -0.2) is 42.2 Å². The summed E-state index contributed by atoms with van der Waals surface area (Å²) >= 11 is 0. The second-order valence-electron chi connectivity index (χ2n) is 3.31. The van der Waals surface area contributed by atoms with Gasteiger partial charge in [-0.15, -0.1) is 0 Å². The summed E-state index contributed by atoms with van der Waals surface area (Å²) in [6, 6.07) is 2.57. The molecule has 0 aromatic carbocycles. The first-order chi connectivity index (χ1) is 8.60. The zero-order valence-corrected chi connectivity index (χ0v) is 9.31. The van der Waals surface area contributed by atoms with Crippen molar-refractivity contribution in [3.8, 4) is 0 Å². The summed E-state index contributed by atoms with van der Waals surface area (Å²) in [6.07, 6.45) is -0.133. The predicted octanol–water partition coefficient (Wildman–Crippen LogP) is 0.946. The molecule has 1 fully saturated rings. The number of methoxy groups -OCH3 is 1. The summed E-state index contributed by atoms with van der Waals surface area (Å²) in [6.45, 7) is 0.147. The summed E-state index contributed by atoms with van der Waals surface area (Å²) in [7, 11) is 1.40. The number of hydrazone groups is 1. The summed E-state index contributed by atoms with van der Waals surface area (Å²) in [4.78, 5) is 21.0. The molecule has 18 heavy (non-hydrogen) atoms. The van der Waals surface area contributed by atoms with E-state index in [0.29, 0.717) is 0 Å². The minimum Gasteiger partial charge on any atom is -0.416 e. The molecule has 1 aromatic rings. The third-order valence-corrected chi connectivity index (χ3v) is 2.14. The van der Waals surface area contributed by atoms with E-state index >= 15 is 0 Å². The molecule has 0 bridgehead atoms. The predicted molar refractivity (Wildman–Crippen MR) is 56.9 cm³/mol. The minimum absolute atomic E-state index is 0.147. The van der Waals surface area contributed by atoms with Crippen LogP contribution in [0, 0.1) is 10.1 Å². The molecule has 0 N–H and O–H groups in total. The highest BCUT2D eigenvalue weighted by atomic mass is 16.7. The molecule has 0 spiro atoms. The Kier molecular flexibility index (Phi) is 3.24. The van der Waals surface area contributed by atoms with Crippen molar-refractivity contribution < 1.29 is 23.6 Å². The molecule has 9 heteroatoms. The lowest BCUT2D eigenvalue weighted by Crippen LogP contribution is -2.19. The van der Waals surface area contributed by atoms with Crippen LogP contribution in [0.3, 0.4) is 0 Å². The summed E-state index contributed by atoms with van der Waals surface area (Å²) < 4.78 is 14.4. The van der Waals surface area contributed by atoms with Crippen LogP contribution in [0.15, 0.2) is 21.7 Å². The second-order valence-corrected chi connectivity index (χ2v) is 3.31. The summed E-state index contributed by atoms with van der Waals surface area (Å²) in [5, 5.41) is 15.2. The number of ether oxygens (including phenoxy) is 2. The molecule has 2 rings (SSSR count). The zero-order chi connectivity index (χ0) is 13.1. The average Bonchev–Trinajstić information content (AvgIpc) is 2.93. The first-order valence-corrected chi connectivity index (χ1v) is 4.89. The molecule has 1 aliphatic heterocycles. The number of amides is 1. The topological polar surface area (TPSA) is 107 Å². The molecule has 1 aliphatic rings. The Bertz CT molecular complexity index is 496. The van der Waals surface area contributed by atoms with Gasteiger partial charge >= 0.3 is 12.0 Å². The fourth-order valence-corrected chi connectivity index (χ4v) is 1.28.